The van der Waals surface area contributed by atoms with Crippen LogP contribution in [0.5, 0.6) is 0 Å². The summed E-state index contributed by atoms with van der Waals surface area (Å²) >= 11 is 1.26. The summed E-state index contributed by atoms with van der Waals surface area (Å²) in [5.41, 5.74) is 0.857. The number of carboxylic acid groups (broad SMARTS) is 1. The Kier molecular flexibility index (Phi) is 10.3. The van der Waals surface area contributed by atoms with Crippen molar-refractivity contribution in [2.75, 3.05) is 15.5 Å². The van der Waals surface area contributed by atoms with E-state index in [1.807, 2.05) is 114 Å². The van der Waals surface area contributed by atoms with E-state index in [0.29, 0.717) is 10.7 Å². The molecule has 0 spiro atoms. The van der Waals surface area contributed by atoms with E-state index >= 15 is 0 Å². The molecule has 49 heavy (non-hydrogen) atoms. The number of anilines is 1. The number of carbonyl (C=O) groups is 3. The first kappa shape index (κ1) is 34.5. The van der Waals surface area contributed by atoms with Crippen LogP contribution in [0, 0.1) is 0 Å². The van der Waals surface area contributed by atoms with E-state index in [1.165, 1.54) is 5.38 Å². The Morgan fingerprint density at radius 2 is 1.61 bits per heavy atom. The summed E-state index contributed by atoms with van der Waals surface area (Å²) in [6.07, 6.45) is 0. The summed E-state index contributed by atoms with van der Waals surface area (Å²) in [6, 6.07) is 27.5. The van der Waals surface area contributed by atoms with Crippen LogP contribution < -0.4 is 10.6 Å². The van der Waals surface area contributed by atoms with Crippen LogP contribution >= 0.6 is 33.9 Å². The molecule has 3 aromatic carbocycles. The Morgan fingerprint density at radius 1 is 1.06 bits per heavy atom. The molecular weight excluding hydrogens is 791 g/mol. The van der Waals surface area contributed by atoms with Crippen molar-refractivity contribution in [2.24, 2.45) is 5.16 Å². The van der Waals surface area contributed by atoms with E-state index in [2.05, 4.69) is 25.6 Å². The standard InChI is InChI=1S/C33H26F2IN5O6S2/c34-31(35)47-40-24(27(42)38-25-28(43)41-26(30(44)45)19(16-36)18-49(46)29(25)41)23-17-48-32(37-23)39-33(20-10-4-1-5-11-20,21-12-6-2-7-13-21)22-14-8-3-9-15-22/h1-15,17,25,29,31H,16,18H2,(H,37,39)(H,38,42)(H,44,45)/b40-24+/t25?,29-,49?/m1/s1. The summed E-state index contributed by atoms with van der Waals surface area (Å²) in [7, 11) is 0. The number of halogens is 3. The number of β-lactam (4-membered cyclic amide) rings is 1. The molecule has 1 aromatic heterocycles. The fourth-order valence-corrected chi connectivity index (χ4v) is 9.28. The van der Waals surface area contributed by atoms with E-state index in [4.69, 9.17) is 0 Å². The molecule has 3 atom stereocenters. The van der Waals surface area contributed by atoms with Gasteiger partial charge in [-0.05, 0) is 27.9 Å². The molecule has 1 fully saturated rings. The lowest BCUT2D eigenvalue weighted by Gasteiger charge is -2.48. The number of amides is 2. The number of aromatic nitrogens is 1. The first-order valence-electron chi connectivity index (χ1n) is 14.6. The molecule has 2 aliphatic heterocycles. The lowest BCUT2D eigenvalue weighted by atomic mass is 9.77. The van der Waals surface area contributed by atoms with Gasteiger partial charge in [-0.3, -0.25) is 14.5 Å². The highest BCUT2D eigenvalue weighted by Gasteiger charge is 2.61. The molecule has 11 nitrogen and oxygen atoms in total. The first-order chi connectivity index (χ1) is 23.6. The Labute approximate surface area is 299 Å². The van der Waals surface area contributed by atoms with Crippen molar-refractivity contribution in [3.63, 3.8) is 0 Å². The van der Waals surface area contributed by atoms with Crippen LogP contribution in [-0.2, 0) is 35.9 Å². The van der Waals surface area contributed by atoms with Gasteiger partial charge in [-0.15, -0.1) is 11.3 Å². The van der Waals surface area contributed by atoms with E-state index in [-0.39, 0.29) is 21.6 Å². The molecule has 0 bridgehead atoms. The number of carbonyl (C=O) groups excluding carboxylic acids is 2. The maximum atomic E-state index is 13.6. The monoisotopic (exact) mass is 817 g/mol. The van der Waals surface area contributed by atoms with Gasteiger partial charge >= 0.3 is 12.6 Å². The third-order valence-electron chi connectivity index (χ3n) is 7.96. The fourth-order valence-electron chi connectivity index (χ4n) is 5.84. The summed E-state index contributed by atoms with van der Waals surface area (Å²) in [5, 5.41) is 19.6. The van der Waals surface area contributed by atoms with Gasteiger partial charge in [0.1, 0.15) is 22.7 Å². The molecule has 2 unspecified atom stereocenters. The molecule has 4 aromatic rings. The summed E-state index contributed by atoms with van der Waals surface area (Å²) < 4.78 is 39.6. The predicted octanol–water partition coefficient (Wildman–Crippen LogP) is 4.68. The van der Waals surface area contributed by atoms with Crippen LogP contribution in [-0.4, -0.2) is 71.2 Å². The van der Waals surface area contributed by atoms with Crippen LogP contribution in [0.4, 0.5) is 13.9 Å². The van der Waals surface area contributed by atoms with Crippen LogP contribution in [0.25, 0.3) is 0 Å². The SMILES string of the molecule is O=C(O)C1=C(CI)C[S+]([O-])[C@@H]2C(NC(=O)/C(=N/OC(F)F)c3csc(NC(c4ccccc4)(c4ccccc4)c4ccccc4)n3)C(=O)N12. The molecule has 0 aliphatic carbocycles. The lowest BCUT2D eigenvalue weighted by Crippen LogP contribution is -2.75. The zero-order chi connectivity index (χ0) is 34.7. The molecule has 0 saturated carbocycles. The van der Waals surface area contributed by atoms with Crippen molar-refractivity contribution in [3.8, 4) is 0 Å². The van der Waals surface area contributed by atoms with Gasteiger partial charge in [0.05, 0.1) is 0 Å². The van der Waals surface area contributed by atoms with Gasteiger partial charge in [-0.25, -0.2) is 9.78 Å². The summed E-state index contributed by atoms with van der Waals surface area (Å²) in [6.45, 7) is -3.37. The van der Waals surface area contributed by atoms with Crippen molar-refractivity contribution in [1.82, 2.24) is 15.2 Å². The summed E-state index contributed by atoms with van der Waals surface area (Å²) in [5.74, 6) is -3.37. The van der Waals surface area contributed by atoms with Crippen molar-refractivity contribution in [1.29, 1.82) is 0 Å². The highest BCUT2D eigenvalue weighted by Crippen LogP contribution is 2.41. The number of hydrogen-bond acceptors (Lipinski definition) is 9. The molecule has 252 valence electrons. The topological polar surface area (TPSA) is 156 Å². The number of carboxylic acids is 1. The quantitative estimate of drug-likeness (QED) is 0.0354. The highest BCUT2D eigenvalue weighted by molar-refractivity contribution is 14.1. The molecule has 6 rings (SSSR count). The summed E-state index contributed by atoms with van der Waals surface area (Å²) in [4.78, 5) is 48.2. The molecule has 0 radical (unpaired) electrons. The average molecular weight is 818 g/mol. The van der Waals surface area contributed by atoms with Crippen LogP contribution in [0.15, 0.2) is 113 Å². The second-order valence-corrected chi connectivity index (χ2v) is 13.9. The Balaban J connectivity index is 1.34. The number of thiazole rings is 1. The minimum atomic E-state index is -3.37. The van der Waals surface area contributed by atoms with Gasteiger partial charge in [-0.2, -0.15) is 8.78 Å². The van der Waals surface area contributed by atoms with Gasteiger partial charge in [-0.1, -0.05) is 119 Å². The zero-order valence-electron chi connectivity index (χ0n) is 25.2. The van der Waals surface area contributed by atoms with Gasteiger partial charge in [0.25, 0.3) is 11.8 Å². The molecule has 2 aliphatic rings. The first-order valence-corrected chi connectivity index (χ1v) is 18.4. The highest BCUT2D eigenvalue weighted by atomic mass is 127. The Hall–Kier alpha value is -4.39. The van der Waals surface area contributed by atoms with Crippen molar-refractivity contribution < 1.29 is 37.7 Å². The maximum absolute atomic E-state index is 13.6. The van der Waals surface area contributed by atoms with Crippen LogP contribution in [0.2, 0.25) is 0 Å². The number of alkyl halides is 3. The fraction of sp³-hybridized carbons (Fsp3) is 0.182. The Bertz CT molecular complexity index is 1820. The number of nitrogens with zero attached hydrogens (tertiary/aromatic N) is 3. The maximum Gasteiger partial charge on any atom is 0.407 e. The number of aliphatic carboxylic acids is 1. The average Bonchev–Trinajstić information content (AvgIpc) is 3.57. The van der Waals surface area contributed by atoms with E-state index in [1.54, 1.807) is 0 Å². The third-order valence-corrected chi connectivity index (χ3v) is 11.3. The van der Waals surface area contributed by atoms with Crippen molar-refractivity contribution in [3.05, 3.63) is 130 Å². The normalized spacial score (nSPS) is 19.3. The van der Waals surface area contributed by atoms with E-state index in [9.17, 15) is 32.8 Å². The van der Waals surface area contributed by atoms with Crippen LogP contribution in [0.1, 0.15) is 22.4 Å². The van der Waals surface area contributed by atoms with E-state index < -0.39 is 58.2 Å². The molecule has 3 heterocycles. The second-order valence-electron chi connectivity index (χ2n) is 10.8. The minimum absolute atomic E-state index is 0.103. The third kappa shape index (κ3) is 6.64. The number of oxime groups is 1. The zero-order valence-corrected chi connectivity index (χ0v) is 29.0. The minimum Gasteiger partial charge on any atom is -0.614 e. The Morgan fingerprint density at radius 3 is 2.10 bits per heavy atom. The second kappa shape index (κ2) is 14.6. The molecule has 3 N–H and O–H groups in total. The number of rotatable bonds is 12. The molecule has 16 heteroatoms. The van der Waals surface area contributed by atoms with Gasteiger partial charge in [0.15, 0.2) is 16.9 Å². The van der Waals surface area contributed by atoms with E-state index in [0.717, 1.165) is 32.9 Å². The number of fused-ring (bicyclic) bond motifs is 1. The predicted molar refractivity (Wildman–Crippen MR) is 188 cm³/mol. The van der Waals surface area contributed by atoms with Crippen molar-refractivity contribution >= 4 is 73.7 Å². The number of benzene rings is 3. The molecular formula is C33H26F2IN5O6S2. The smallest absolute Gasteiger partial charge is 0.407 e. The van der Waals surface area contributed by atoms with Gasteiger partial charge < -0.3 is 25.1 Å². The number of hydrogen-bond donors (Lipinski definition) is 3. The molecule has 1 saturated heterocycles. The van der Waals surface area contributed by atoms with Crippen molar-refractivity contribution in [2.45, 2.75) is 23.6 Å². The lowest BCUT2D eigenvalue weighted by molar-refractivity contribution is -0.150. The number of nitrogens with one attached hydrogen (secondary N) is 2. The van der Waals surface area contributed by atoms with Gasteiger partial charge in [0, 0.05) is 15.4 Å². The largest absolute Gasteiger partial charge is 0.614 e. The molecule has 2 amide bonds. The van der Waals surface area contributed by atoms with Gasteiger partial charge in [0.2, 0.25) is 5.37 Å². The van der Waals surface area contributed by atoms with Crippen LogP contribution in [0.3, 0.4) is 0 Å².